The molecule has 0 radical (unpaired) electrons. The summed E-state index contributed by atoms with van der Waals surface area (Å²) in [6.07, 6.45) is 3.30. The van der Waals surface area contributed by atoms with Crippen LogP contribution in [0.1, 0.15) is 34.4 Å². The van der Waals surface area contributed by atoms with Crippen molar-refractivity contribution in [2.75, 3.05) is 0 Å². The third-order valence-corrected chi connectivity index (χ3v) is 5.20. The van der Waals surface area contributed by atoms with Gasteiger partial charge < -0.3 is 13.6 Å². The van der Waals surface area contributed by atoms with Gasteiger partial charge >= 0.3 is 0 Å². The maximum atomic E-state index is 12.9. The summed E-state index contributed by atoms with van der Waals surface area (Å²) in [6.45, 7) is 6.51. The number of carbonyl (C=O) groups is 1. The molecule has 3 heterocycles. The van der Waals surface area contributed by atoms with E-state index in [9.17, 15) is 4.79 Å². The summed E-state index contributed by atoms with van der Waals surface area (Å²) in [6, 6.07) is 5.76. The molecule has 0 aliphatic heterocycles. The minimum Gasteiger partial charge on any atom is -0.467 e. The smallest absolute Gasteiger partial charge is 0.191 e. The average Bonchev–Trinajstić information content (AvgIpc) is 3.26. The molecule has 0 fully saturated rings. The second-order valence-electron chi connectivity index (χ2n) is 5.80. The molecular weight excluding hydrogens is 324 g/mol. The van der Waals surface area contributed by atoms with Gasteiger partial charge in [0.05, 0.1) is 18.1 Å². The summed E-state index contributed by atoms with van der Waals surface area (Å²) in [4.78, 5) is 12.9. The predicted octanol–water partition coefficient (Wildman–Crippen LogP) is 3.24. The first-order valence-electron chi connectivity index (χ1n) is 7.71. The second-order valence-corrected chi connectivity index (χ2v) is 7.11. The quantitative estimate of drug-likeness (QED) is 0.507. The monoisotopic (exact) mass is 344 g/mol. The van der Waals surface area contributed by atoms with E-state index >= 15 is 0 Å². The maximum absolute atomic E-state index is 12.9. The Morgan fingerprint density at radius 3 is 2.83 bits per heavy atom. The Labute approximate surface area is 144 Å². The normalized spacial score (nSPS) is 12.5. The van der Waals surface area contributed by atoms with Gasteiger partial charge in [0.25, 0.3) is 0 Å². The Balaban J connectivity index is 1.81. The zero-order valence-corrected chi connectivity index (χ0v) is 15.0. The number of aromatic nitrogens is 4. The molecule has 0 aromatic carbocycles. The van der Waals surface area contributed by atoms with E-state index < -0.39 is 0 Å². The van der Waals surface area contributed by atoms with E-state index in [2.05, 4.69) is 14.8 Å². The number of furan rings is 1. The number of carbonyl (C=O) groups excluding carboxylic acids is 1. The van der Waals surface area contributed by atoms with Crippen LogP contribution >= 0.6 is 11.8 Å². The molecule has 0 spiro atoms. The maximum Gasteiger partial charge on any atom is 0.191 e. The third kappa shape index (κ3) is 3.17. The zero-order chi connectivity index (χ0) is 17.3. The fraction of sp³-hybridized carbons (Fsp3) is 0.353. The lowest BCUT2D eigenvalue weighted by atomic mass is 10.1. The molecule has 0 saturated heterocycles. The number of aryl methyl sites for hydroxylation is 2. The first-order chi connectivity index (χ1) is 11.5. The number of Topliss-reactive ketones (excluding diaryl/α,β-unsaturated/α-hetero) is 1. The average molecular weight is 344 g/mol. The zero-order valence-electron chi connectivity index (χ0n) is 14.2. The molecule has 0 N–H and O–H groups in total. The molecule has 126 valence electrons. The van der Waals surface area contributed by atoms with Crippen molar-refractivity contribution in [1.29, 1.82) is 0 Å². The molecule has 0 amide bonds. The van der Waals surface area contributed by atoms with E-state index in [0.29, 0.717) is 6.54 Å². The van der Waals surface area contributed by atoms with Crippen LogP contribution in [0.2, 0.25) is 0 Å². The van der Waals surface area contributed by atoms with E-state index in [1.54, 1.807) is 12.6 Å². The van der Waals surface area contributed by atoms with Gasteiger partial charge in [-0.25, -0.2) is 0 Å². The number of hydrogen-bond acceptors (Lipinski definition) is 5. The van der Waals surface area contributed by atoms with E-state index in [-0.39, 0.29) is 11.0 Å². The van der Waals surface area contributed by atoms with Crippen LogP contribution in [0, 0.1) is 13.8 Å². The number of thioether (sulfide) groups is 1. The predicted molar refractivity (Wildman–Crippen MR) is 92.4 cm³/mol. The van der Waals surface area contributed by atoms with Crippen LogP contribution < -0.4 is 0 Å². The molecule has 6 nitrogen and oxygen atoms in total. The van der Waals surface area contributed by atoms with Crippen molar-refractivity contribution in [2.45, 2.75) is 37.7 Å². The second kappa shape index (κ2) is 6.68. The van der Waals surface area contributed by atoms with Crippen molar-refractivity contribution in [3.8, 4) is 0 Å². The summed E-state index contributed by atoms with van der Waals surface area (Å²) >= 11 is 1.42. The van der Waals surface area contributed by atoms with Crippen LogP contribution in [0.4, 0.5) is 0 Å². The molecule has 7 heteroatoms. The first-order valence-corrected chi connectivity index (χ1v) is 8.59. The number of nitrogens with zero attached hydrogens (tertiary/aromatic N) is 4. The lowest BCUT2D eigenvalue weighted by Gasteiger charge is -2.11. The van der Waals surface area contributed by atoms with Crippen LogP contribution in [-0.4, -0.2) is 30.4 Å². The third-order valence-electron chi connectivity index (χ3n) is 4.05. The largest absolute Gasteiger partial charge is 0.467 e. The molecule has 0 aliphatic rings. The van der Waals surface area contributed by atoms with Crippen LogP contribution in [-0.2, 0) is 13.6 Å². The highest BCUT2D eigenvalue weighted by atomic mass is 32.2. The molecule has 1 atom stereocenters. The Morgan fingerprint density at radius 2 is 2.21 bits per heavy atom. The van der Waals surface area contributed by atoms with Crippen LogP contribution in [0.25, 0.3) is 0 Å². The minimum atomic E-state index is -0.231. The van der Waals surface area contributed by atoms with Crippen molar-refractivity contribution in [2.24, 2.45) is 7.05 Å². The van der Waals surface area contributed by atoms with Gasteiger partial charge in [-0.15, -0.1) is 10.2 Å². The highest BCUT2D eigenvalue weighted by molar-refractivity contribution is 8.00. The van der Waals surface area contributed by atoms with Crippen molar-refractivity contribution in [1.82, 2.24) is 19.3 Å². The summed E-state index contributed by atoms with van der Waals surface area (Å²) in [5, 5.41) is 8.39. The van der Waals surface area contributed by atoms with Crippen molar-refractivity contribution >= 4 is 17.5 Å². The molecular formula is C17H20N4O2S. The Hall–Kier alpha value is -2.28. The number of ketones is 1. The summed E-state index contributed by atoms with van der Waals surface area (Å²) in [7, 11) is 1.87. The molecule has 24 heavy (non-hydrogen) atoms. The van der Waals surface area contributed by atoms with E-state index in [4.69, 9.17) is 4.42 Å². The molecule has 0 unspecified atom stereocenters. The topological polar surface area (TPSA) is 65.8 Å². The van der Waals surface area contributed by atoms with Gasteiger partial charge in [0, 0.05) is 24.0 Å². The molecule has 0 aliphatic carbocycles. The fourth-order valence-corrected chi connectivity index (χ4v) is 3.52. The SMILES string of the molecule is Cc1cc(C(=O)[C@H](C)Sc2nncn2C)c(C)n1Cc1ccco1. The summed E-state index contributed by atoms with van der Waals surface area (Å²) < 4.78 is 9.34. The van der Waals surface area contributed by atoms with Crippen molar-refractivity contribution in [3.63, 3.8) is 0 Å². The fourth-order valence-electron chi connectivity index (χ4n) is 2.66. The molecule has 0 bridgehead atoms. The molecule has 3 aromatic rings. The highest BCUT2D eigenvalue weighted by Crippen LogP contribution is 2.26. The van der Waals surface area contributed by atoms with Crippen molar-refractivity contribution in [3.05, 3.63) is 53.5 Å². The standard InChI is InChI=1S/C17H20N4O2S/c1-11-8-15(12(2)21(11)9-14-6-5-7-23-14)16(22)13(3)24-17-19-18-10-20(17)4/h5-8,10,13H,9H2,1-4H3/t13-/m0/s1. The van der Waals surface area contributed by atoms with Gasteiger partial charge in [-0.3, -0.25) is 4.79 Å². The Morgan fingerprint density at radius 1 is 1.42 bits per heavy atom. The summed E-state index contributed by atoms with van der Waals surface area (Å²) in [5.74, 6) is 0.971. The lowest BCUT2D eigenvalue weighted by Crippen LogP contribution is -2.15. The van der Waals surface area contributed by atoms with Gasteiger partial charge in [0.15, 0.2) is 10.9 Å². The van der Waals surface area contributed by atoms with Gasteiger partial charge in [-0.2, -0.15) is 0 Å². The molecule has 3 aromatic heterocycles. The van der Waals surface area contributed by atoms with Gasteiger partial charge in [0.2, 0.25) is 0 Å². The van der Waals surface area contributed by atoms with E-state index in [1.165, 1.54) is 11.8 Å². The molecule has 3 rings (SSSR count). The summed E-state index contributed by atoms with van der Waals surface area (Å²) in [5.41, 5.74) is 2.75. The number of hydrogen-bond donors (Lipinski definition) is 0. The highest BCUT2D eigenvalue weighted by Gasteiger charge is 2.23. The lowest BCUT2D eigenvalue weighted by molar-refractivity contribution is 0.0993. The Kier molecular flexibility index (Phi) is 4.62. The minimum absolute atomic E-state index is 0.0989. The van der Waals surface area contributed by atoms with Gasteiger partial charge in [-0.1, -0.05) is 11.8 Å². The van der Waals surface area contributed by atoms with E-state index in [0.717, 1.165) is 27.9 Å². The number of rotatable bonds is 6. The first kappa shape index (κ1) is 16.6. The van der Waals surface area contributed by atoms with Crippen LogP contribution in [0.5, 0.6) is 0 Å². The van der Waals surface area contributed by atoms with Crippen LogP contribution in [0.15, 0.2) is 40.4 Å². The molecule has 0 saturated carbocycles. The van der Waals surface area contributed by atoms with Crippen LogP contribution in [0.3, 0.4) is 0 Å². The van der Waals surface area contributed by atoms with Gasteiger partial charge in [0.1, 0.15) is 12.1 Å². The van der Waals surface area contributed by atoms with E-state index in [1.807, 2.05) is 50.6 Å². The Bertz CT molecular complexity index is 848. The van der Waals surface area contributed by atoms with Gasteiger partial charge in [-0.05, 0) is 39.0 Å². The van der Waals surface area contributed by atoms with Crippen molar-refractivity contribution < 1.29 is 9.21 Å².